The normalized spacial score (nSPS) is 19.2. The quantitative estimate of drug-likeness (QED) is 0.527. The standard InChI is InChI=1S/C25H30F3N3O4/c1-14(4-3-9-32)11-29-24(34)23-21(25(26,27)28)20-19(35-23)10-15(2)18-13-31(30-22(18)20)12-16-5-7-17(33)8-6-16/h9,13-16H,3-8,10-12H2,1-2H3,(H,29,34)/t14-,15-/m0/s1. The fourth-order valence-electron chi connectivity index (χ4n) is 5.02. The van der Waals surface area contributed by atoms with Crippen molar-refractivity contribution < 1.29 is 32.0 Å². The number of furan rings is 1. The van der Waals surface area contributed by atoms with Gasteiger partial charge in [0.2, 0.25) is 5.76 Å². The van der Waals surface area contributed by atoms with Crippen molar-refractivity contribution in [2.24, 2.45) is 11.8 Å². The molecule has 1 saturated carbocycles. The van der Waals surface area contributed by atoms with Crippen LogP contribution < -0.4 is 5.32 Å². The first-order valence-electron chi connectivity index (χ1n) is 12.1. The first-order chi connectivity index (χ1) is 16.6. The summed E-state index contributed by atoms with van der Waals surface area (Å²) in [6, 6.07) is 0. The SMILES string of the molecule is C[C@@H](CCC=O)CNC(=O)c1oc2c(c1C(F)(F)F)-c1nn(CC3CCC(=O)CC3)cc1[C@@H](C)C2. The lowest BCUT2D eigenvalue weighted by Gasteiger charge is -2.20. The lowest BCUT2D eigenvalue weighted by molar-refractivity contribution is -0.137. The van der Waals surface area contributed by atoms with Crippen molar-refractivity contribution in [2.75, 3.05) is 6.54 Å². The maximum absolute atomic E-state index is 14.3. The monoisotopic (exact) mass is 493 g/mol. The lowest BCUT2D eigenvalue weighted by Crippen LogP contribution is -2.29. The van der Waals surface area contributed by atoms with Gasteiger partial charge in [0.1, 0.15) is 23.4 Å². The number of hydrogen-bond acceptors (Lipinski definition) is 5. The highest BCUT2D eigenvalue weighted by atomic mass is 19.4. The van der Waals surface area contributed by atoms with Gasteiger partial charge in [-0.2, -0.15) is 18.3 Å². The molecule has 7 nitrogen and oxygen atoms in total. The summed E-state index contributed by atoms with van der Waals surface area (Å²) in [4.78, 5) is 34.8. The second kappa shape index (κ2) is 9.99. The van der Waals surface area contributed by atoms with Gasteiger partial charge in [-0.15, -0.1) is 0 Å². The number of aldehydes is 1. The van der Waals surface area contributed by atoms with Gasteiger partial charge in [0.25, 0.3) is 5.91 Å². The number of halogens is 3. The predicted molar refractivity (Wildman–Crippen MR) is 121 cm³/mol. The molecule has 2 heterocycles. The molecule has 0 aromatic carbocycles. The van der Waals surface area contributed by atoms with E-state index in [-0.39, 0.29) is 53.5 Å². The topological polar surface area (TPSA) is 94.2 Å². The molecule has 1 amide bonds. The number of carbonyl (C=O) groups excluding carboxylic acids is 3. The molecular formula is C25H30F3N3O4. The fourth-order valence-corrected chi connectivity index (χ4v) is 5.02. The minimum absolute atomic E-state index is 0.0690. The second-order valence-electron chi connectivity index (χ2n) is 9.90. The van der Waals surface area contributed by atoms with Crippen LogP contribution in [0, 0.1) is 11.8 Å². The van der Waals surface area contributed by atoms with Gasteiger partial charge in [0.05, 0.1) is 11.3 Å². The summed E-state index contributed by atoms with van der Waals surface area (Å²) in [5, 5.41) is 7.04. The van der Waals surface area contributed by atoms with Gasteiger partial charge in [0, 0.05) is 50.5 Å². The third-order valence-electron chi connectivity index (χ3n) is 7.02. The molecule has 4 rings (SSSR count). The molecule has 190 valence electrons. The maximum Gasteiger partial charge on any atom is 0.420 e. The number of fused-ring (bicyclic) bond motifs is 3. The summed E-state index contributed by atoms with van der Waals surface area (Å²) in [6.07, 6.45) is 1.39. The van der Waals surface area contributed by atoms with E-state index < -0.39 is 23.4 Å². The molecule has 2 aromatic heterocycles. The molecule has 2 aromatic rings. The number of ketones is 1. The Morgan fingerprint density at radius 3 is 2.71 bits per heavy atom. The van der Waals surface area contributed by atoms with E-state index in [4.69, 9.17) is 4.42 Å². The largest absolute Gasteiger partial charge is 0.455 e. The molecule has 2 atom stereocenters. The van der Waals surface area contributed by atoms with Crippen LogP contribution in [0.4, 0.5) is 13.2 Å². The number of hydrogen-bond donors (Lipinski definition) is 1. The van der Waals surface area contributed by atoms with Crippen LogP contribution in [0.2, 0.25) is 0 Å². The first kappa shape index (κ1) is 25.2. The molecule has 0 radical (unpaired) electrons. The molecule has 0 unspecified atom stereocenters. The Kier molecular flexibility index (Phi) is 7.19. The van der Waals surface area contributed by atoms with E-state index >= 15 is 0 Å². The van der Waals surface area contributed by atoms with Gasteiger partial charge in [-0.25, -0.2) is 0 Å². The number of nitrogens with zero attached hydrogens (tertiary/aromatic N) is 2. The highest BCUT2D eigenvalue weighted by Crippen LogP contribution is 2.48. The van der Waals surface area contributed by atoms with Crippen LogP contribution in [0.5, 0.6) is 0 Å². The number of nitrogens with one attached hydrogen (secondary N) is 1. The first-order valence-corrected chi connectivity index (χ1v) is 12.1. The van der Waals surface area contributed by atoms with Crippen LogP contribution in [0.1, 0.15) is 85.7 Å². The molecule has 2 aliphatic rings. The molecule has 1 fully saturated rings. The molecule has 10 heteroatoms. The molecule has 1 N–H and O–H groups in total. The van der Waals surface area contributed by atoms with Crippen molar-refractivity contribution in [3.8, 4) is 11.3 Å². The maximum atomic E-state index is 14.3. The van der Waals surface area contributed by atoms with E-state index in [9.17, 15) is 27.6 Å². The van der Waals surface area contributed by atoms with Gasteiger partial charge in [-0.3, -0.25) is 14.3 Å². The molecule has 0 bridgehead atoms. The van der Waals surface area contributed by atoms with E-state index in [1.165, 1.54) is 0 Å². The third-order valence-corrected chi connectivity index (χ3v) is 7.02. The van der Waals surface area contributed by atoms with Crippen LogP contribution in [-0.2, 0) is 28.7 Å². The number of aromatic nitrogens is 2. The van der Waals surface area contributed by atoms with Crippen molar-refractivity contribution in [1.82, 2.24) is 15.1 Å². The molecule has 0 saturated heterocycles. The molecule has 0 spiro atoms. The number of alkyl halides is 3. The summed E-state index contributed by atoms with van der Waals surface area (Å²) < 4.78 is 50.0. The zero-order valence-electron chi connectivity index (χ0n) is 19.9. The second-order valence-corrected chi connectivity index (χ2v) is 9.90. The minimum atomic E-state index is -4.81. The van der Waals surface area contributed by atoms with Gasteiger partial charge >= 0.3 is 6.18 Å². The highest BCUT2D eigenvalue weighted by molar-refractivity contribution is 5.96. The Balaban J connectivity index is 1.64. The summed E-state index contributed by atoms with van der Waals surface area (Å²) >= 11 is 0. The van der Waals surface area contributed by atoms with Crippen LogP contribution in [-0.4, -0.2) is 34.3 Å². The number of rotatable bonds is 8. The zero-order valence-corrected chi connectivity index (χ0v) is 19.9. The Morgan fingerprint density at radius 2 is 2.06 bits per heavy atom. The zero-order chi connectivity index (χ0) is 25.3. The van der Waals surface area contributed by atoms with E-state index in [0.717, 1.165) is 19.1 Å². The lowest BCUT2D eigenvalue weighted by atomic mass is 9.86. The van der Waals surface area contributed by atoms with Crippen LogP contribution in [0.15, 0.2) is 10.6 Å². The van der Waals surface area contributed by atoms with Crippen molar-refractivity contribution in [3.05, 3.63) is 28.8 Å². The molecule has 35 heavy (non-hydrogen) atoms. The van der Waals surface area contributed by atoms with Crippen molar-refractivity contribution in [1.29, 1.82) is 0 Å². The minimum Gasteiger partial charge on any atom is -0.455 e. The van der Waals surface area contributed by atoms with Gasteiger partial charge < -0.3 is 14.5 Å². The van der Waals surface area contributed by atoms with Crippen LogP contribution in [0.3, 0.4) is 0 Å². The highest BCUT2D eigenvalue weighted by Gasteiger charge is 2.46. The van der Waals surface area contributed by atoms with Crippen molar-refractivity contribution >= 4 is 18.0 Å². The molecular weight excluding hydrogens is 463 g/mol. The number of Topliss-reactive ketones (excluding diaryl/α,β-unsaturated/α-hetero) is 1. The Hall–Kier alpha value is -2.91. The molecule has 0 aliphatic heterocycles. The van der Waals surface area contributed by atoms with Crippen LogP contribution >= 0.6 is 0 Å². The van der Waals surface area contributed by atoms with E-state index in [2.05, 4.69) is 10.4 Å². The number of amides is 1. The summed E-state index contributed by atoms with van der Waals surface area (Å²) in [5.74, 6) is -1.25. The van der Waals surface area contributed by atoms with Gasteiger partial charge in [-0.05, 0) is 37.0 Å². The van der Waals surface area contributed by atoms with Gasteiger partial charge in [-0.1, -0.05) is 13.8 Å². The summed E-state index contributed by atoms with van der Waals surface area (Å²) in [6.45, 7) is 4.38. The summed E-state index contributed by atoms with van der Waals surface area (Å²) in [5.41, 5.74) is -0.334. The van der Waals surface area contributed by atoms with Gasteiger partial charge in [0.15, 0.2) is 0 Å². The van der Waals surface area contributed by atoms with E-state index in [0.29, 0.717) is 37.8 Å². The fraction of sp³-hybridized carbons (Fsp3) is 0.600. The Labute approximate surface area is 201 Å². The van der Waals surface area contributed by atoms with Crippen molar-refractivity contribution in [3.63, 3.8) is 0 Å². The Bertz CT molecular complexity index is 1110. The number of carbonyl (C=O) groups is 3. The van der Waals surface area contributed by atoms with E-state index in [1.807, 2.05) is 13.8 Å². The summed E-state index contributed by atoms with van der Waals surface area (Å²) in [7, 11) is 0. The van der Waals surface area contributed by atoms with Crippen molar-refractivity contribution in [2.45, 2.75) is 77.4 Å². The third kappa shape index (κ3) is 5.36. The molecule has 2 aliphatic carbocycles. The van der Waals surface area contributed by atoms with E-state index in [1.54, 1.807) is 10.9 Å². The smallest absolute Gasteiger partial charge is 0.420 e. The van der Waals surface area contributed by atoms with Crippen LogP contribution in [0.25, 0.3) is 11.3 Å². The Morgan fingerprint density at radius 1 is 1.34 bits per heavy atom. The average Bonchev–Trinajstić information content (AvgIpc) is 3.39. The average molecular weight is 494 g/mol. The predicted octanol–water partition coefficient (Wildman–Crippen LogP) is 4.93.